The third kappa shape index (κ3) is 3.99. The minimum atomic E-state index is -2.37. The van der Waals surface area contributed by atoms with Crippen LogP contribution in [0.2, 0.25) is 5.04 Å². The van der Waals surface area contributed by atoms with E-state index in [1.54, 1.807) is 0 Å². The van der Waals surface area contributed by atoms with Crippen molar-refractivity contribution in [3.63, 3.8) is 0 Å². The van der Waals surface area contributed by atoms with Crippen LogP contribution in [-0.4, -0.2) is 14.9 Å². The molecule has 1 nitrogen and oxygen atoms in total. The average molecular weight is 317 g/mol. The first-order valence-corrected chi connectivity index (χ1v) is 9.98. The summed E-state index contributed by atoms with van der Waals surface area (Å²) in [6, 6.07) is 10.7. The fraction of sp³-hybridized carbons (Fsp3) is 0.500. The summed E-state index contributed by atoms with van der Waals surface area (Å²) in [4.78, 5) is 0. The van der Waals surface area contributed by atoms with E-state index in [4.69, 9.17) is 4.43 Å². The number of benzene rings is 1. The minimum absolute atomic E-state index is 0.0373. The van der Waals surface area contributed by atoms with E-state index in [1.165, 1.54) is 10.4 Å². The van der Waals surface area contributed by atoms with Gasteiger partial charge in [-0.15, -0.1) is 0 Å². The van der Waals surface area contributed by atoms with Crippen LogP contribution in [0.4, 0.5) is 0 Å². The highest BCUT2D eigenvalue weighted by atomic mass is 28.4. The molecule has 0 aliphatic rings. The fourth-order valence-corrected chi connectivity index (χ4v) is 7.72. The lowest BCUT2D eigenvalue weighted by Crippen LogP contribution is -2.60. The molecule has 0 heterocycles. The van der Waals surface area contributed by atoms with Crippen molar-refractivity contribution in [1.82, 2.24) is 0 Å². The molecule has 1 aromatic carbocycles. The molecule has 22 heavy (non-hydrogen) atoms. The van der Waals surface area contributed by atoms with Crippen LogP contribution < -0.4 is 5.19 Å². The highest BCUT2D eigenvalue weighted by Gasteiger charge is 2.50. The Kier molecular flexibility index (Phi) is 6.00. The third-order valence-corrected chi connectivity index (χ3v) is 9.04. The van der Waals surface area contributed by atoms with E-state index in [0.29, 0.717) is 0 Å². The molecule has 122 valence electrons. The van der Waals surface area contributed by atoms with E-state index in [1.807, 2.05) is 6.08 Å². The molecule has 1 unspecified atom stereocenters. The van der Waals surface area contributed by atoms with Crippen molar-refractivity contribution in [2.75, 3.05) is 6.61 Å². The quantitative estimate of drug-likeness (QED) is 0.524. The van der Waals surface area contributed by atoms with Gasteiger partial charge in [0.1, 0.15) is 0 Å². The summed E-state index contributed by atoms with van der Waals surface area (Å²) in [6.07, 6.45) is 4.17. The van der Waals surface area contributed by atoms with E-state index in [9.17, 15) is 0 Å². The van der Waals surface area contributed by atoms with Crippen LogP contribution in [-0.2, 0) is 4.43 Å². The first-order valence-electron chi connectivity index (χ1n) is 8.07. The van der Waals surface area contributed by atoms with Gasteiger partial charge in [-0.05, 0) is 27.8 Å². The predicted octanol–water partition coefficient (Wildman–Crippen LogP) is 5.37. The van der Waals surface area contributed by atoms with Gasteiger partial charge in [0.05, 0.1) is 0 Å². The molecule has 0 saturated heterocycles. The number of hydrogen-bond donors (Lipinski definition) is 0. The second kappa shape index (κ2) is 6.97. The van der Waals surface area contributed by atoms with Gasteiger partial charge in [0.15, 0.2) is 0 Å². The molecule has 0 radical (unpaired) electrons. The van der Waals surface area contributed by atoms with Gasteiger partial charge in [0.2, 0.25) is 0 Å². The maximum atomic E-state index is 6.79. The lowest BCUT2D eigenvalue weighted by atomic mass is 9.99. The van der Waals surface area contributed by atoms with E-state index in [0.717, 1.165) is 6.61 Å². The van der Waals surface area contributed by atoms with Crippen LogP contribution in [0.3, 0.4) is 0 Å². The minimum Gasteiger partial charge on any atom is -0.407 e. The summed E-state index contributed by atoms with van der Waals surface area (Å²) in [7, 11) is -2.37. The van der Waals surface area contributed by atoms with E-state index in [2.05, 4.69) is 91.5 Å². The van der Waals surface area contributed by atoms with Crippen LogP contribution in [0.15, 0.2) is 54.3 Å². The van der Waals surface area contributed by atoms with Crippen molar-refractivity contribution >= 4 is 13.5 Å². The summed E-state index contributed by atoms with van der Waals surface area (Å²) in [5, 5.41) is 2.62. The van der Waals surface area contributed by atoms with Crippen molar-refractivity contribution in [1.29, 1.82) is 0 Å². The first-order chi connectivity index (χ1) is 10.1. The maximum Gasteiger partial charge on any atom is 0.260 e. The Labute approximate surface area is 138 Å². The summed E-state index contributed by atoms with van der Waals surface area (Å²) in [5.74, 6) is 0. The molecule has 0 fully saturated rings. The zero-order valence-corrected chi connectivity index (χ0v) is 16.4. The summed E-state index contributed by atoms with van der Waals surface area (Å²) in [5.41, 5.74) is 0.137. The molecule has 0 aliphatic heterocycles. The predicted molar refractivity (Wildman–Crippen MR) is 101 cm³/mol. The third-order valence-electron chi connectivity index (χ3n) is 3.90. The Morgan fingerprint density at radius 2 is 1.64 bits per heavy atom. The molecule has 1 rings (SSSR count). The van der Waals surface area contributed by atoms with Crippen LogP contribution in [0.25, 0.3) is 0 Å². The Morgan fingerprint density at radius 1 is 1.09 bits per heavy atom. The highest BCUT2D eigenvalue weighted by Crippen LogP contribution is 2.42. The summed E-state index contributed by atoms with van der Waals surface area (Å²) >= 11 is 0. The van der Waals surface area contributed by atoms with Crippen molar-refractivity contribution in [2.45, 2.75) is 53.5 Å². The van der Waals surface area contributed by atoms with Gasteiger partial charge in [-0.25, -0.2) is 0 Å². The van der Waals surface area contributed by atoms with Gasteiger partial charge in [-0.3, -0.25) is 0 Å². The molecule has 1 atom stereocenters. The summed E-state index contributed by atoms with van der Waals surface area (Å²) in [6.45, 7) is 20.5. The highest BCUT2D eigenvalue weighted by molar-refractivity contribution is 6.95. The second-order valence-electron chi connectivity index (χ2n) is 8.09. The van der Waals surface area contributed by atoms with Gasteiger partial charge >= 0.3 is 0 Å². The Bertz CT molecular complexity index is 517. The van der Waals surface area contributed by atoms with Crippen LogP contribution in [0, 0.1) is 5.41 Å². The van der Waals surface area contributed by atoms with Crippen molar-refractivity contribution < 1.29 is 4.43 Å². The molecule has 0 amide bonds. The Balaban J connectivity index is 3.55. The fourth-order valence-electron chi connectivity index (χ4n) is 2.88. The second-order valence-corrected chi connectivity index (χ2v) is 12.4. The van der Waals surface area contributed by atoms with Gasteiger partial charge in [-0.1, -0.05) is 90.6 Å². The van der Waals surface area contributed by atoms with E-state index < -0.39 is 8.32 Å². The first kappa shape index (κ1) is 18.9. The van der Waals surface area contributed by atoms with Gasteiger partial charge in [0, 0.05) is 6.61 Å². The largest absolute Gasteiger partial charge is 0.407 e. The zero-order valence-electron chi connectivity index (χ0n) is 15.4. The zero-order chi connectivity index (χ0) is 17.0. The van der Waals surface area contributed by atoms with Crippen LogP contribution in [0.5, 0.6) is 0 Å². The molecule has 0 aromatic heterocycles. The number of allylic oxidation sites excluding steroid dienone is 3. The Hall–Kier alpha value is -1.12. The lowest BCUT2D eigenvalue weighted by molar-refractivity contribution is 0.185. The molecule has 0 aliphatic carbocycles. The van der Waals surface area contributed by atoms with Crippen LogP contribution >= 0.6 is 0 Å². The monoisotopic (exact) mass is 316 g/mol. The SMILES string of the molecule is C=CC(=CC)[Si](OCC(C)(C)C)(c1ccccc1)C(C)(C)C. The smallest absolute Gasteiger partial charge is 0.260 e. The van der Waals surface area contributed by atoms with E-state index in [-0.39, 0.29) is 10.5 Å². The molecule has 0 bridgehead atoms. The van der Waals surface area contributed by atoms with Gasteiger partial charge < -0.3 is 4.43 Å². The maximum absolute atomic E-state index is 6.79. The lowest BCUT2D eigenvalue weighted by Gasteiger charge is -2.45. The normalized spacial score (nSPS) is 16.2. The topological polar surface area (TPSA) is 9.23 Å². The van der Waals surface area contributed by atoms with Crippen molar-refractivity contribution in [2.24, 2.45) is 5.41 Å². The number of rotatable bonds is 5. The molecule has 1 aromatic rings. The molecule has 0 N–H and O–H groups in total. The van der Waals surface area contributed by atoms with Crippen molar-refractivity contribution in [3.8, 4) is 0 Å². The molecule has 2 heteroatoms. The molecule has 0 saturated carbocycles. The van der Waals surface area contributed by atoms with Gasteiger partial charge in [0.25, 0.3) is 8.32 Å². The standard InChI is InChI=1S/C20H32OSi/c1-9-17(10-2)22(20(6,7)8,21-16-19(3,4)5)18-14-12-11-13-15-18/h9-15H,1,16H2,2-8H3. The van der Waals surface area contributed by atoms with E-state index >= 15 is 0 Å². The van der Waals surface area contributed by atoms with Gasteiger partial charge in [-0.2, -0.15) is 0 Å². The summed E-state index contributed by atoms with van der Waals surface area (Å²) < 4.78 is 6.79. The van der Waals surface area contributed by atoms with Crippen LogP contribution in [0.1, 0.15) is 48.5 Å². The average Bonchev–Trinajstić information content (AvgIpc) is 2.42. The molecular formula is C20H32OSi. The van der Waals surface area contributed by atoms with Crippen molar-refractivity contribution in [3.05, 3.63) is 54.3 Å². The molecular weight excluding hydrogens is 284 g/mol. The molecule has 0 spiro atoms. The Morgan fingerprint density at radius 3 is 2.00 bits per heavy atom. The number of hydrogen-bond acceptors (Lipinski definition) is 1.